The van der Waals surface area contributed by atoms with Crippen molar-refractivity contribution in [3.63, 3.8) is 0 Å². The number of hydrogen-bond donors (Lipinski definition) is 1. The molecular formula is C33H33ClF2N8O2. The van der Waals surface area contributed by atoms with Gasteiger partial charge in [-0.25, -0.2) is 13.8 Å². The van der Waals surface area contributed by atoms with Gasteiger partial charge < -0.3 is 14.1 Å². The van der Waals surface area contributed by atoms with Gasteiger partial charge in [-0.2, -0.15) is 15.1 Å². The number of piperidine rings is 1. The third-order valence-electron chi connectivity index (χ3n) is 10.4. The Morgan fingerprint density at radius 1 is 1.07 bits per heavy atom. The van der Waals surface area contributed by atoms with Crippen molar-refractivity contribution in [1.82, 2.24) is 35.0 Å². The van der Waals surface area contributed by atoms with Crippen LogP contribution in [0.15, 0.2) is 29.1 Å². The molecule has 5 aliphatic heterocycles. The lowest BCUT2D eigenvalue weighted by molar-refractivity contribution is 0.107. The molecule has 5 aliphatic rings. The van der Waals surface area contributed by atoms with Crippen molar-refractivity contribution < 1.29 is 17.9 Å². The van der Waals surface area contributed by atoms with Gasteiger partial charge in [0, 0.05) is 60.6 Å². The largest absolute Gasteiger partial charge is 0.461 e. The van der Waals surface area contributed by atoms with Crippen LogP contribution in [0.4, 0.5) is 14.6 Å². The summed E-state index contributed by atoms with van der Waals surface area (Å²) in [7, 11) is 0. The van der Waals surface area contributed by atoms with Gasteiger partial charge in [0.15, 0.2) is 11.7 Å². The molecule has 3 saturated heterocycles. The molecule has 238 valence electrons. The SMILES string of the molecule is Fc1c2ncc3c(nc(OC[C@@]45CCCN4C[C@H](F)C5)nc13)N1CCC[C@@H](C1)c1cnc(o1)CCCc1c(Cl)cc3[nH]ncc3c1-2. The zero-order chi connectivity index (χ0) is 31.0. The summed E-state index contributed by atoms with van der Waals surface area (Å²) in [5.74, 6) is 1.61. The first-order chi connectivity index (χ1) is 22.5. The van der Waals surface area contributed by atoms with Gasteiger partial charge in [-0.1, -0.05) is 11.6 Å². The van der Waals surface area contributed by atoms with Crippen molar-refractivity contribution in [2.75, 3.05) is 37.7 Å². The number of oxazole rings is 1. The number of pyridine rings is 1. The number of rotatable bonds is 3. The Hall–Kier alpha value is -3.90. The molecule has 13 heteroatoms. The van der Waals surface area contributed by atoms with E-state index in [4.69, 9.17) is 30.7 Å². The van der Waals surface area contributed by atoms with E-state index in [0.717, 1.165) is 55.5 Å². The van der Waals surface area contributed by atoms with Crippen molar-refractivity contribution >= 4 is 39.2 Å². The quantitative estimate of drug-likeness (QED) is 0.246. The first kappa shape index (κ1) is 28.3. The lowest BCUT2D eigenvalue weighted by Gasteiger charge is -2.33. The number of anilines is 1. The summed E-state index contributed by atoms with van der Waals surface area (Å²) in [4.78, 5) is 23.2. The fourth-order valence-corrected chi connectivity index (χ4v) is 8.51. The van der Waals surface area contributed by atoms with Gasteiger partial charge in [0.05, 0.1) is 28.8 Å². The Labute approximate surface area is 268 Å². The van der Waals surface area contributed by atoms with E-state index < -0.39 is 17.5 Å². The summed E-state index contributed by atoms with van der Waals surface area (Å²) in [6, 6.07) is 1.90. The molecule has 10 nitrogen and oxygen atoms in total. The third kappa shape index (κ3) is 4.55. The Morgan fingerprint density at radius 3 is 2.93 bits per heavy atom. The smallest absolute Gasteiger partial charge is 0.319 e. The summed E-state index contributed by atoms with van der Waals surface area (Å²) in [5, 5.41) is 8.91. The zero-order valence-corrected chi connectivity index (χ0v) is 26.0. The molecule has 3 fully saturated rings. The maximum atomic E-state index is 17.0. The predicted molar refractivity (Wildman–Crippen MR) is 169 cm³/mol. The van der Waals surface area contributed by atoms with Crippen LogP contribution < -0.4 is 9.64 Å². The summed E-state index contributed by atoms with van der Waals surface area (Å²) < 4.78 is 44.2. The van der Waals surface area contributed by atoms with Crippen LogP contribution in [0.1, 0.15) is 61.7 Å². The van der Waals surface area contributed by atoms with Crippen molar-refractivity contribution in [2.24, 2.45) is 0 Å². The van der Waals surface area contributed by atoms with E-state index in [1.165, 1.54) is 0 Å². The van der Waals surface area contributed by atoms with E-state index in [1.54, 1.807) is 12.4 Å². The molecule has 3 atom stereocenters. The molecule has 4 aromatic heterocycles. The van der Waals surface area contributed by atoms with E-state index >= 15 is 4.39 Å². The summed E-state index contributed by atoms with van der Waals surface area (Å²) in [5.41, 5.74) is 1.92. The molecular weight excluding hydrogens is 614 g/mol. The van der Waals surface area contributed by atoms with Crippen LogP contribution in [0.2, 0.25) is 5.02 Å². The maximum absolute atomic E-state index is 17.0. The molecule has 5 aromatic rings. The molecule has 0 unspecified atom stereocenters. The van der Waals surface area contributed by atoms with Gasteiger partial charge >= 0.3 is 6.01 Å². The van der Waals surface area contributed by atoms with Gasteiger partial charge in [0.1, 0.15) is 35.6 Å². The number of aromatic amines is 1. The Morgan fingerprint density at radius 2 is 2.00 bits per heavy atom. The van der Waals surface area contributed by atoms with E-state index in [0.29, 0.717) is 72.0 Å². The molecule has 9 heterocycles. The van der Waals surface area contributed by atoms with Crippen LogP contribution in [-0.4, -0.2) is 79.5 Å². The molecule has 8 bridgehead atoms. The van der Waals surface area contributed by atoms with Gasteiger partial charge in [-0.15, -0.1) is 0 Å². The van der Waals surface area contributed by atoms with Crippen molar-refractivity contribution in [2.45, 2.75) is 69.0 Å². The minimum absolute atomic E-state index is 0.0760. The van der Waals surface area contributed by atoms with Crippen LogP contribution in [0.25, 0.3) is 33.1 Å². The van der Waals surface area contributed by atoms with Crippen molar-refractivity contribution in [3.8, 4) is 17.3 Å². The summed E-state index contributed by atoms with van der Waals surface area (Å²) in [6.07, 6.45) is 10.3. The van der Waals surface area contributed by atoms with Crippen LogP contribution in [-0.2, 0) is 12.8 Å². The van der Waals surface area contributed by atoms with E-state index in [9.17, 15) is 4.39 Å². The lowest BCUT2D eigenvalue weighted by Crippen LogP contribution is -2.43. The molecule has 10 rings (SSSR count). The molecule has 0 saturated carbocycles. The highest BCUT2D eigenvalue weighted by Gasteiger charge is 2.49. The van der Waals surface area contributed by atoms with Crippen molar-refractivity contribution in [3.05, 3.63) is 52.7 Å². The average Bonchev–Trinajstić information content (AvgIpc) is 3.85. The number of halogens is 3. The fraction of sp³-hybridized carbons (Fsp3) is 0.485. The first-order valence-electron chi connectivity index (χ1n) is 16.2. The standard InChI is InChI=1S/C33H33ClF2N8O2/c34-23-10-24-21(13-39-42-24)27-20(23)5-1-6-26-37-14-25(46-26)18-4-2-8-43(15-18)31-22-12-38-30(27)28(36)29(22)40-32(41-31)45-17-33-7-3-9-44(33)16-19(35)11-33/h10,12-14,18-19H,1-9,11,15-17H2,(H,39,42)/t18-,19+,33-/m0/s1. The highest BCUT2D eigenvalue weighted by Crippen LogP contribution is 2.43. The van der Waals surface area contributed by atoms with E-state index in [2.05, 4.69) is 30.0 Å². The molecule has 0 spiro atoms. The lowest BCUT2D eigenvalue weighted by atomic mass is 9.94. The molecule has 46 heavy (non-hydrogen) atoms. The number of nitrogens with zero attached hydrogens (tertiary/aromatic N) is 7. The second-order valence-electron chi connectivity index (χ2n) is 13.2. The number of nitrogens with one attached hydrogen (secondary N) is 1. The number of H-pyrrole nitrogens is 1. The maximum Gasteiger partial charge on any atom is 0.319 e. The molecule has 1 aromatic carbocycles. The van der Waals surface area contributed by atoms with E-state index in [1.807, 2.05) is 12.3 Å². The predicted octanol–water partition coefficient (Wildman–Crippen LogP) is 6.18. The Kier molecular flexibility index (Phi) is 6.67. The van der Waals surface area contributed by atoms with Gasteiger partial charge in [0.2, 0.25) is 0 Å². The monoisotopic (exact) mass is 646 g/mol. The number of fused-ring (bicyclic) bond motifs is 5. The second-order valence-corrected chi connectivity index (χ2v) is 13.6. The summed E-state index contributed by atoms with van der Waals surface area (Å²) >= 11 is 6.86. The normalized spacial score (nSPS) is 24.7. The topological polar surface area (TPSA) is 109 Å². The first-order valence-corrected chi connectivity index (χ1v) is 16.6. The van der Waals surface area contributed by atoms with Crippen LogP contribution in [0.3, 0.4) is 0 Å². The highest BCUT2D eigenvalue weighted by atomic mass is 35.5. The molecule has 1 N–H and O–H groups in total. The number of ether oxygens (including phenoxy) is 1. The minimum Gasteiger partial charge on any atom is -0.461 e. The zero-order valence-electron chi connectivity index (χ0n) is 25.2. The number of aromatic nitrogens is 6. The van der Waals surface area contributed by atoms with Crippen LogP contribution in [0, 0.1) is 5.82 Å². The minimum atomic E-state index is -0.886. The number of benzene rings is 1. The van der Waals surface area contributed by atoms with Gasteiger partial charge in [-0.05, 0) is 56.7 Å². The van der Waals surface area contributed by atoms with Crippen LogP contribution in [0.5, 0.6) is 6.01 Å². The molecule has 0 aliphatic carbocycles. The number of alkyl halides is 1. The third-order valence-corrected chi connectivity index (χ3v) is 10.8. The summed E-state index contributed by atoms with van der Waals surface area (Å²) in [6.45, 7) is 2.86. The second kappa shape index (κ2) is 10.8. The molecule has 0 radical (unpaired) electrons. The highest BCUT2D eigenvalue weighted by molar-refractivity contribution is 6.33. The van der Waals surface area contributed by atoms with Crippen molar-refractivity contribution in [1.29, 1.82) is 0 Å². The van der Waals surface area contributed by atoms with Gasteiger partial charge in [-0.3, -0.25) is 15.0 Å². The van der Waals surface area contributed by atoms with E-state index in [-0.39, 0.29) is 29.7 Å². The average molecular weight is 647 g/mol. The number of aryl methyl sites for hydroxylation is 1. The number of hydrogen-bond acceptors (Lipinski definition) is 9. The Balaban J connectivity index is 1.23. The fourth-order valence-electron chi connectivity index (χ4n) is 8.21. The van der Waals surface area contributed by atoms with Crippen LogP contribution >= 0.6 is 11.6 Å². The van der Waals surface area contributed by atoms with Gasteiger partial charge in [0.25, 0.3) is 0 Å². The Bertz CT molecular complexity index is 1980. The molecule has 0 amide bonds.